The molecule has 1 fully saturated rings. The molecule has 3 aromatic rings. The van der Waals surface area contributed by atoms with Crippen molar-refractivity contribution in [3.8, 4) is 5.75 Å². The van der Waals surface area contributed by atoms with Gasteiger partial charge >= 0.3 is 5.97 Å². The molecule has 0 aliphatic carbocycles. The minimum absolute atomic E-state index is 0.0629. The fraction of sp³-hybridized carbons (Fsp3) is 0.385. The highest BCUT2D eigenvalue weighted by Crippen LogP contribution is 2.37. The zero-order valence-electron chi connectivity index (χ0n) is 18.3. The summed E-state index contributed by atoms with van der Waals surface area (Å²) in [5.74, 6) is 0.731. The van der Waals surface area contributed by atoms with Gasteiger partial charge in [0.05, 0.1) is 24.8 Å². The van der Waals surface area contributed by atoms with Crippen LogP contribution in [-0.4, -0.2) is 42.7 Å². The SMILES string of the molecule is CCOC(=O)C1(Cc2ccccc2)CCN(Cc2ccc3cccc(OC)c3n2)CC1. The van der Waals surface area contributed by atoms with Gasteiger partial charge in [0.1, 0.15) is 11.3 Å². The van der Waals surface area contributed by atoms with Crippen molar-refractivity contribution in [3.63, 3.8) is 0 Å². The highest BCUT2D eigenvalue weighted by Gasteiger charge is 2.42. The second-order valence-electron chi connectivity index (χ2n) is 8.27. The number of pyridine rings is 1. The van der Waals surface area contributed by atoms with Gasteiger partial charge in [0.2, 0.25) is 0 Å². The Bertz CT molecular complexity index is 1030. The number of aromatic nitrogens is 1. The van der Waals surface area contributed by atoms with Crippen LogP contribution < -0.4 is 4.74 Å². The highest BCUT2D eigenvalue weighted by atomic mass is 16.5. The van der Waals surface area contributed by atoms with E-state index in [0.29, 0.717) is 6.61 Å². The van der Waals surface area contributed by atoms with Crippen LogP contribution >= 0.6 is 0 Å². The van der Waals surface area contributed by atoms with E-state index < -0.39 is 5.41 Å². The van der Waals surface area contributed by atoms with E-state index in [4.69, 9.17) is 14.5 Å². The molecule has 1 saturated heterocycles. The molecule has 5 heteroatoms. The van der Waals surface area contributed by atoms with Crippen LogP contribution in [0.25, 0.3) is 10.9 Å². The molecule has 0 radical (unpaired) electrons. The average Bonchev–Trinajstić information content (AvgIpc) is 2.81. The van der Waals surface area contributed by atoms with Crippen molar-refractivity contribution in [1.82, 2.24) is 9.88 Å². The van der Waals surface area contributed by atoms with Crippen LogP contribution in [0.5, 0.6) is 5.75 Å². The standard InChI is InChI=1S/C26H30N2O3/c1-3-31-25(29)26(18-20-8-5-4-6-9-20)14-16-28(17-15-26)19-22-13-12-21-10-7-11-23(30-2)24(21)27-22/h4-13H,3,14-19H2,1-2H3. The Morgan fingerprint density at radius 3 is 2.52 bits per heavy atom. The Morgan fingerprint density at radius 1 is 1.03 bits per heavy atom. The Kier molecular flexibility index (Phi) is 6.52. The summed E-state index contributed by atoms with van der Waals surface area (Å²) in [6.45, 7) is 4.75. The summed E-state index contributed by atoms with van der Waals surface area (Å²) in [5.41, 5.74) is 2.65. The molecule has 1 aliphatic heterocycles. The Morgan fingerprint density at radius 2 is 1.81 bits per heavy atom. The van der Waals surface area contributed by atoms with Gasteiger partial charge in [-0.05, 0) is 57.0 Å². The number of rotatable bonds is 7. The Balaban J connectivity index is 1.48. The summed E-state index contributed by atoms with van der Waals surface area (Å²) in [4.78, 5) is 20.2. The van der Waals surface area contributed by atoms with Gasteiger partial charge in [0.25, 0.3) is 0 Å². The molecule has 1 aromatic heterocycles. The summed E-state index contributed by atoms with van der Waals surface area (Å²) in [6, 6.07) is 20.4. The molecule has 0 bridgehead atoms. The van der Waals surface area contributed by atoms with Crippen LogP contribution in [-0.2, 0) is 22.5 Å². The van der Waals surface area contributed by atoms with Gasteiger partial charge in [-0.15, -0.1) is 0 Å². The number of piperidine rings is 1. The molecule has 5 nitrogen and oxygen atoms in total. The van der Waals surface area contributed by atoms with E-state index in [2.05, 4.69) is 29.2 Å². The zero-order chi connectivity index (χ0) is 21.7. The van der Waals surface area contributed by atoms with Gasteiger partial charge in [-0.3, -0.25) is 9.69 Å². The zero-order valence-corrected chi connectivity index (χ0v) is 18.3. The summed E-state index contributed by atoms with van der Waals surface area (Å²) in [5, 5.41) is 1.07. The third kappa shape index (κ3) is 4.72. The molecule has 0 saturated carbocycles. The molecular formula is C26H30N2O3. The molecule has 0 spiro atoms. The maximum Gasteiger partial charge on any atom is 0.312 e. The van der Waals surface area contributed by atoms with Crippen molar-refractivity contribution in [2.24, 2.45) is 5.41 Å². The number of likely N-dealkylation sites (tertiary alicyclic amines) is 1. The van der Waals surface area contributed by atoms with E-state index in [-0.39, 0.29) is 5.97 Å². The van der Waals surface area contributed by atoms with Gasteiger partial charge in [-0.2, -0.15) is 0 Å². The molecule has 0 amide bonds. The predicted octanol–water partition coefficient (Wildman–Crippen LogP) is 4.63. The first-order valence-corrected chi connectivity index (χ1v) is 11.0. The number of nitrogens with zero attached hydrogens (tertiary/aromatic N) is 2. The van der Waals surface area contributed by atoms with Crippen molar-refractivity contribution in [1.29, 1.82) is 0 Å². The number of carbonyl (C=O) groups excluding carboxylic acids is 1. The van der Waals surface area contributed by atoms with Crippen molar-refractivity contribution >= 4 is 16.9 Å². The molecule has 162 valence electrons. The van der Waals surface area contributed by atoms with Crippen LogP contribution in [0.1, 0.15) is 31.0 Å². The van der Waals surface area contributed by atoms with Crippen LogP contribution in [0.3, 0.4) is 0 Å². The molecule has 4 rings (SSSR count). The lowest BCUT2D eigenvalue weighted by molar-refractivity contribution is -0.158. The number of esters is 1. The van der Waals surface area contributed by atoms with Crippen molar-refractivity contribution in [3.05, 3.63) is 71.9 Å². The first-order chi connectivity index (χ1) is 15.1. The monoisotopic (exact) mass is 418 g/mol. The van der Waals surface area contributed by atoms with E-state index in [0.717, 1.165) is 61.2 Å². The third-order valence-electron chi connectivity index (χ3n) is 6.25. The van der Waals surface area contributed by atoms with E-state index in [1.807, 2.05) is 43.3 Å². The maximum absolute atomic E-state index is 12.9. The van der Waals surface area contributed by atoms with Crippen molar-refractivity contribution in [2.45, 2.75) is 32.7 Å². The Labute approximate surface area is 184 Å². The first-order valence-electron chi connectivity index (χ1n) is 11.0. The summed E-state index contributed by atoms with van der Waals surface area (Å²) >= 11 is 0. The first kappa shape index (κ1) is 21.3. The third-order valence-corrected chi connectivity index (χ3v) is 6.25. The van der Waals surface area contributed by atoms with Crippen molar-refractivity contribution < 1.29 is 14.3 Å². The normalized spacial score (nSPS) is 16.2. The highest BCUT2D eigenvalue weighted by molar-refractivity contribution is 5.84. The molecule has 31 heavy (non-hydrogen) atoms. The maximum atomic E-state index is 12.9. The summed E-state index contributed by atoms with van der Waals surface area (Å²) in [6.07, 6.45) is 2.31. The number of hydrogen-bond acceptors (Lipinski definition) is 5. The van der Waals surface area contributed by atoms with Crippen LogP contribution in [0.15, 0.2) is 60.7 Å². The van der Waals surface area contributed by atoms with Crippen LogP contribution in [0, 0.1) is 5.41 Å². The van der Waals surface area contributed by atoms with Crippen LogP contribution in [0.2, 0.25) is 0 Å². The van der Waals surface area contributed by atoms with Gasteiger partial charge in [-0.1, -0.05) is 48.5 Å². The number of para-hydroxylation sites is 1. The van der Waals surface area contributed by atoms with E-state index in [1.54, 1.807) is 7.11 Å². The fourth-order valence-electron chi connectivity index (χ4n) is 4.51. The summed E-state index contributed by atoms with van der Waals surface area (Å²) in [7, 11) is 1.68. The molecule has 1 aliphatic rings. The Hall–Kier alpha value is -2.92. The number of hydrogen-bond donors (Lipinski definition) is 0. The smallest absolute Gasteiger partial charge is 0.312 e. The topological polar surface area (TPSA) is 51.7 Å². The second kappa shape index (κ2) is 9.48. The number of carbonyl (C=O) groups is 1. The van der Waals surface area contributed by atoms with E-state index >= 15 is 0 Å². The number of ether oxygens (including phenoxy) is 2. The lowest BCUT2D eigenvalue weighted by Crippen LogP contribution is -2.46. The van der Waals surface area contributed by atoms with Crippen molar-refractivity contribution in [2.75, 3.05) is 26.8 Å². The average molecular weight is 419 g/mol. The molecule has 0 atom stereocenters. The summed E-state index contributed by atoms with van der Waals surface area (Å²) < 4.78 is 11.0. The lowest BCUT2D eigenvalue weighted by atomic mass is 9.73. The van der Waals surface area contributed by atoms with Gasteiger partial charge < -0.3 is 9.47 Å². The lowest BCUT2D eigenvalue weighted by Gasteiger charge is -2.40. The molecular weight excluding hydrogens is 388 g/mol. The molecule has 2 aromatic carbocycles. The molecule has 0 unspecified atom stereocenters. The quantitative estimate of drug-likeness (QED) is 0.524. The van der Waals surface area contributed by atoms with Crippen LogP contribution in [0.4, 0.5) is 0 Å². The van der Waals surface area contributed by atoms with Gasteiger partial charge in [0.15, 0.2) is 0 Å². The van der Waals surface area contributed by atoms with Gasteiger partial charge in [-0.25, -0.2) is 4.98 Å². The molecule has 0 N–H and O–H groups in total. The fourth-order valence-corrected chi connectivity index (χ4v) is 4.51. The predicted molar refractivity (Wildman–Crippen MR) is 122 cm³/mol. The largest absolute Gasteiger partial charge is 0.494 e. The number of benzene rings is 2. The minimum Gasteiger partial charge on any atom is -0.494 e. The minimum atomic E-state index is -0.450. The number of methoxy groups -OCH3 is 1. The number of fused-ring (bicyclic) bond motifs is 1. The molecule has 2 heterocycles. The second-order valence-corrected chi connectivity index (χ2v) is 8.27. The van der Waals surface area contributed by atoms with Gasteiger partial charge in [0, 0.05) is 11.9 Å². The van der Waals surface area contributed by atoms with E-state index in [9.17, 15) is 4.79 Å². The van der Waals surface area contributed by atoms with E-state index in [1.165, 1.54) is 5.56 Å².